The summed E-state index contributed by atoms with van der Waals surface area (Å²) in [6, 6.07) is 11.9. The lowest BCUT2D eigenvalue weighted by Crippen LogP contribution is -2.44. The van der Waals surface area contributed by atoms with Crippen molar-refractivity contribution < 1.29 is 13.9 Å². The zero-order valence-electron chi connectivity index (χ0n) is 19.2. The van der Waals surface area contributed by atoms with Gasteiger partial charge in [-0.3, -0.25) is 4.79 Å². The summed E-state index contributed by atoms with van der Waals surface area (Å²) in [5, 5.41) is 3.12. The van der Waals surface area contributed by atoms with Crippen molar-refractivity contribution in [2.45, 2.75) is 13.3 Å². The molecule has 1 amide bonds. The first-order chi connectivity index (χ1) is 16.3. The fraction of sp³-hybridized carbons (Fsp3) is 0.292. The molecule has 1 aliphatic rings. The minimum atomic E-state index is -0.712. The van der Waals surface area contributed by atoms with E-state index in [-0.39, 0.29) is 23.1 Å². The zero-order valence-corrected chi connectivity index (χ0v) is 19.2. The van der Waals surface area contributed by atoms with Gasteiger partial charge in [0.15, 0.2) is 11.5 Å². The van der Waals surface area contributed by atoms with E-state index >= 15 is 0 Å². The van der Waals surface area contributed by atoms with E-state index in [0.29, 0.717) is 17.9 Å². The first kappa shape index (κ1) is 23.2. The van der Waals surface area contributed by atoms with Crippen LogP contribution in [0.1, 0.15) is 23.1 Å². The van der Waals surface area contributed by atoms with E-state index in [4.69, 9.17) is 16.2 Å². The molecule has 0 bridgehead atoms. The number of anilines is 4. The number of nitrogens with two attached hydrogens (primary N) is 2. The summed E-state index contributed by atoms with van der Waals surface area (Å²) in [6.07, 6.45) is 0.444. The van der Waals surface area contributed by atoms with E-state index < -0.39 is 11.7 Å². The number of likely N-dealkylation sites (N-methyl/N-ethyl adjacent to an activating group) is 1. The number of aromatic nitrogens is 2. The Morgan fingerprint density at radius 2 is 1.82 bits per heavy atom. The Morgan fingerprint density at radius 3 is 2.44 bits per heavy atom. The zero-order chi connectivity index (χ0) is 24.2. The number of hydrogen-bond donors (Lipinski definition) is 3. The summed E-state index contributed by atoms with van der Waals surface area (Å²) < 4.78 is 19.4. The van der Waals surface area contributed by atoms with Gasteiger partial charge in [0.25, 0.3) is 5.91 Å². The van der Waals surface area contributed by atoms with Gasteiger partial charge in [-0.15, -0.1) is 0 Å². The number of amides is 1. The van der Waals surface area contributed by atoms with Crippen molar-refractivity contribution in [1.29, 1.82) is 0 Å². The Hall–Kier alpha value is -3.92. The van der Waals surface area contributed by atoms with Crippen LogP contribution >= 0.6 is 0 Å². The number of nitrogens with zero attached hydrogens (tertiary/aromatic N) is 4. The first-order valence-electron chi connectivity index (χ1n) is 11.1. The van der Waals surface area contributed by atoms with Gasteiger partial charge in [-0.2, -0.15) is 4.98 Å². The van der Waals surface area contributed by atoms with E-state index in [1.807, 2.05) is 31.2 Å². The van der Waals surface area contributed by atoms with Gasteiger partial charge < -0.3 is 31.3 Å². The number of halogens is 1. The largest absolute Gasteiger partial charge is 0.437 e. The number of piperazine rings is 1. The molecule has 0 spiro atoms. The van der Waals surface area contributed by atoms with Gasteiger partial charge in [0.2, 0.25) is 5.88 Å². The average Bonchev–Trinajstić information content (AvgIpc) is 2.82. The Bertz CT molecular complexity index is 1180. The minimum Gasteiger partial charge on any atom is -0.437 e. The van der Waals surface area contributed by atoms with Crippen molar-refractivity contribution in [3.63, 3.8) is 0 Å². The number of carbonyl (C=O) groups excluding carboxylic acids is 1. The van der Waals surface area contributed by atoms with Crippen molar-refractivity contribution in [2.75, 3.05) is 49.2 Å². The summed E-state index contributed by atoms with van der Waals surface area (Å²) in [5.74, 6) is -0.605. The average molecular weight is 466 g/mol. The van der Waals surface area contributed by atoms with Gasteiger partial charge in [-0.1, -0.05) is 6.92 Å². The second-order valence-corrected chi connectivity index (χ2v) is 8.14. The molecular formula is C24H28FN7O2. The maximum absolute atomic E-state index is 13.5. The third kappa shape index (κ3) is 5.18. The third-order valence-corrected chi connectivity index (χ3v) is 5.68. The minimum absolute atomic E-state index is 0.00552. The molecule has 2 aromatic carbocycles. The highest BCUT2D eigenvalue weighted by molar-refractivity contribution is 5.96. The molecule has 178 valence electrons. The summed E-state index contributed by atoms with van der Waals surface area (Å²) >= 11 is 0. The van der Waals surface area contributed by atoms with E-state index in [1.165, 1.54) is 18.2 Å². The van der Waals surface area contributed by atoms with Crippen LogP contribution in [0.15, 0.2) is 42.5 Å². The van der Waals surface area contributed by atoms with Crippen molar-refractivity contribution in [3.05, 3.63) is 59.7 Å². The standard InChI is InChI=1S/C24H28FN7O2/c1-3-20-24(34-17-8-9-18(25)19(26)14-17)30-23(21(29-20)22(27)33)28-15-4-6-16(7-5-15)32-12-10-31(2)11-13-32/h4-9,14H,3,10-13,26H2,1-2H3,(H2,27,33)(H,28,30). The number of rotatable bonds is 7. The molecule has 0 aliphatic carbocycles. The maximum atomic E-state index is 13.5. The molecule has 0 unspecified atom stereocenters. The third-order valence-electron chi connectivity index (χ3n) is 5.68. The monoisotopic (exact) mass is 465 g/mol. The topological polar surface area (TPSA) is 123 Å². The second kappa shape index (κ2) is 9.92. The number of nitrogen functional groups attached to an aromatic ring is 1. The van der Waals surface area contributed by atoms with Crippen LogP contribution in [0.5, 0.6) is 11.6 Å². The molecule has 0 radical (unpaired) electrons. The van der Waals surface area contributed by atoms with Crippen molar-refractivity contribution in [2.24, 2.45) is 5.73 Å². The molecule has 1 aromatic heterocycles. The molecule has 9 nitrogen and oxygen atoms in total. The summed E-state index contributed by atoms with van der Waals surface area (Å²) in [6.45, 7) is 5.82. The van der Waals surface area contributed by atoms with Crippen molar-refractivity contribution in [3.8, 4) is 11.6 Å². The van der Waals surface area contributed by atoms with E-state index in [9.17, 15) is 9.18 Å². The van der Waals surface area contributed by atoms with E-state index in [1.54, 1.807) is 0 Å². The fourth-order valence-corrected chi connectivity index (χ4v) is 3.68. The molecule has 0 atom stereocenters. The predicted molar refractivity (Wildman–Crippen MR) is 130 cm³/mol. The van der Waals surface area contributed by atoms with Gasteiger partial charge >= 0.3 is 0 Å². The number of hydrogen-bond acceptors (Lipinski definition) is 8. The van der Waals surface area contributed by atoms with Crippen LogP contribution in [0.2, 0.25) is 0 Å². The SMILES string of the molecule is CCc1nc(C(N)=O)c(Nc2ccc(N3CCN(C)CC3)cc2)nc1Oc1ccc(F)c(N)c1. The molecule has 1 fully saturated rings. The van der Waals surface area contributed by atoms with Crippen molar-refractivity contribution in [1.82, 2.24) is 14.9 Å². The Morgan fingerprint density at radius 1 is 1.12 bits per heavy atom. The molecular weight excluding hydrogens is 437 g/mol. The normalized spacial score (nSPS) is 14.1. The molecule has 1 saturated heterocycles. The summed E-state index contributed by atoms with van der Waals surface area (Å²) in [4.78, 5) is 25.6. The highest BCUT2D eigenvalue weighted by Crippen LogP contribution is 2.29. The Labute approximate surface area is 197 Å². The molecule has 10 heteroatoms. The molecule has 1 aliphatic heterocycles. The van der Waals surface area contributed by atoms with Gasteiger partial charge in [-0.05, 0) is 49.9 Å². The first-order valence-corrected chi connectivity index (χ1v) is 11.1. The Kier molecular flexibility index (Phi) is 6.78. The summed E-state index contributed by atoms with van der Waals surface area (Å²) in [7, 11) is 2.12. The lowest BCUT2D eigenvalue weighted by atomic mass is 10.2. The Balaban J connectivity index is 1.60. The highest BCUT2D eigenvalue weighted by atomic mass is 19.1. The van der Waals surface area contributed by atoms with Crippen molar-refractivity contribution >= 4 is 28.8 Å². The molecule has 4 rings (SSSR count). The van der Waals surface area contributed by atoms with Gasteiger partial charge in [-0.25, -0.2) is 9.37 Å². The maximum Gasteiger partial charge on any atom is 0.271 e. The quantitative estimate of drug-likeness (QED) is 0.455. The lowest BCUT2D eigenvalue weighted by Gasteiger charge is -2.34. The second-order valence-electron chi connectivity index (χ2n) is 8.14. The van der Waals surface area contributed by atoms with Crippen LogP contribution in [-0.2, 0) is 6.42 Å². The fourth-order valence-electron chi connectivity index (χ4n) is 3.68. The molecule has 34 heavy (non-hydrogen) atoms. The highest BCUT2D eigenvalue weighted by Gasteiger charge is 2.19. The number of carbonyl (C=O) groups is 1. The molecule has 2 heterocycles. The van der Waals surface area contributed by atoms with Gasteiger partial charge in [0, 0.05) is 43.6 Å². The van der Waals surface area contributed by atoms with E-state index in [0.717, 1.165) is 37.6 Å². The predicted octanol–water partition coefficient (Wildman–Crippen LogP) is 3.15. The van der Waals surface area contributed by atoms with Crippen LogP contribution in [0.3, 0.4) is 0 Å². The van der Waals surface area contributed by atoms with Crippen LogP contribution in [0.25, 0.3) is 0 Å². The van der Waals surface area contributed by atoms with Gasteiger partial charge in [0.1, 0.15) is 17.3 Å². The summed E-state index contributed by atoms with van der Waals surface area (Å²) in [5.41, 5.74) is 13.5. The smallest absolute Gasteiger partial charge is 0.271 e. The number of ether oxygens (including phenoxy) is 1. The number of benzene rings is 2. The number of nitrogens with one attached hydrogen (secondary N) is 1. The van der Waals surface area contributed by atoms with Crippen LogP contribution in [-0.4, -0.2) is 54.0 Å². The van der Waals surface area contributed by atoms with E-state index in [2.05, 4.69) is 32.1 Å². The number of aryl methyl sites for hydroxylation is 1. The molecule has 0 saturated carbocycles. The van der Waals surface area contributed by atoms with Crippen LogP contribution < -0.4 is 26.4 Å². The number of primary amides is 1. The van der Waals surface area contributed by atoms with Crippen LogP contribution in [0.4, 0.5) is 27.3 Å². The lowest BCUT2D eigenvalue weighted by molar-refractivity contribution is 0.0996. The van der Waals surface area contributed by atoms with Crippen LogP contribution in [0, 0.1) is 5.82 Å². The molecule has 3 aromatic rings. The van der Waals surface area contributed by atoms with Gasteiger partial charge in [0.05, 0.1) is 5.69 Å². The molecule has 5 N–H and O–H groups in total.